The molecule has 0 radical (unpaired) electrons. The van der Waals surface area contributed by atoms with Gasteiger partial charge in [0.2, 0.25) is 0 Å². The molecule has 0 amide bonds. The molecule has 1 N–H and O–H groups in total. The molecule has 0 aliphatic heterocycles. The average Bonchev–Trinajstić information content (AvgIpc) is 2.56. The topological polar surface area (TPSA) is 30.5 Å². The normalized spacial score (nSPS) is 10.7. The highest BCUT2D eigenvalue weighted by Gasteiger charge is 2.11. The molecule has 0 aliphatic rings. The smallest absolute Gasteiger partial charge is 0.162 e. The molecule has 6 heteroatoms. The van der Waals surface area contributed by atoms with Crippen molar-refractivity contribution in [3.8, 4) is 11.5 Å². The van der Waals surface area contributed by atoms with Crippen molar-refractivity contribution in [1.29, 1.82) is 0 Å². The van der Waals surface area contributed by atoms with Crippen LogP contribution in [0.3, 0.4) is 0 Å². The summed E-state index contributed by atoms with van der Waals surface area (Å²) in [7, 11) is 0. The van der Waals surface area contributed by atoms with Gasteiger partial charge in [-0.3, -0.25) is 0 Å². The first kappa shape index (κ1) is 19.4. The van der Waals surface area contributed by atoms with Crippen molar-refractivity contribution in [3.05, 3.63) is 56.0 Å². The van der Waals surface area contributed by atoms with Crippen LogP contribution in [0, 0.1) is 0 Å². The van der Waals surface area contributed by atoms with Crippen molar-refractivity contribution in [3.63, 3.8) is 0 Å². The molecular weight excluding hydrogens is 413 g/mol. The summed E-state index contributed by atoms with van der Waals surface area (Å²) in [5.74, 6) is 1.42. The Bertz CT molecular complexity index is 695. The summed E-state index contributed by atoms with van der Waals surface area (Å²) in [6.07, 6.45) is 0. The molecule has 0 heterocycles. The SMILES string of the molecule is CCNCc1cc(OCC)c(OCc2ccc(Cl)c(Cl)c2)cc1Br. The fraction of sp³-hybridized carbons (Fsp3) is 0.333. The molecule has 130 valence electrons. The van der Waals surface area contributed by atoms with Crippen LogP contribution in [0.5, 0.6) is 11.5 Å². The van der Waals surface area contributed by atoms with E-state index < -0.39 is 0 Å². The number of nitrogens with one attached hydrogen (secondary N) is 1. The molecule has 0 saturated carbocycles. The Morgan fingerprint density at radius 3 is 2.42 bits per heavy atom. The lowest BCUT2D eigenvalue weighted by molar-refractivity contribution is 0.269. The Morgan fingerprint density at radius 1 is 1.00 bits per heavy atom. The van der Waals surface area contributed by atoms with Crippen LogP contribution in [-0.4, -0.2) is 13.2 Å². The first-order valence-electron chi connectivity index (χ1n) is 7.77. The molecule has 2 aromatic rings. The van der Waals surface area contributed by atoms with Crippen LogP contribution in [0.4, 0.5) is 0 Å². The highest BCUT2D eigenvalue weighted by molar-refractivity contribution is 9.10. The Hall–Kier alpha value is -0.940. The van der Waals surface area contributed by atoms with E-state index in [2.05, 4.69) is 28.2 Å². The number of ether oxygens (including phenoxy) is 2. The summed E-state index contributed by atoms with van der Waals surface area (Å²) in [6.45, 7) is 6.67. The number of benzene rings is 2. The predicted molar refractivity (Wildman–Crippen MR) is 103 cm³/mol. The summed E-state index contributed by atoms with van der Waals surface area (Å²) in [6, 6.07) is 9.40. The maximum Gasteiger partial charge on any atom is 0.162 e. The number of halogens is 3. The molecule has 0 fully saturated rings. The van der Waals surface area contributed by atoms with Gasteiger partial charge in [-0.05, 0) is 48.9 Å². The summed E-state index contributed by atoms with van der Waals surface area (Å²) < 4.78 is 12.6. The van der Waals surface area contributed by atoms with Crippen molar-refractivity contribution >= 4 is 39.1 Å². The maximum atomic E-state index is 6.04. The quantitative estimate of drug-likeness (QED) is 0.567. The Morgan fingerprint density at radius 2 is 1.75 bits per heavy atom. The van der Waals surface area contributed by atoms with Gasteiger partial charge in [-0.15, -0.1) is 0 Å². The van der Waals surface area contributed by atoms with Crippen LogP contribution in [0.15, 0.2) is 34.8 Å². The fourth-order valence-electron chi connectivity index (χ4n) is 2.14. The largest absolute Gasteiger partial charge is 0.490 e. The van der Waals surface area contributed by atoms with Gasteiger partial charge in [0, 0.05) is 11.0 Å². The van der Waals surface area contributed by atoms with Crippen LogP contribution in [0.25, 0.3) is 0 Å². The molecule has 0 spiro atoms. The molecular formula is C18H20BrCl2NO2. The summed E-state index contributed by atoms with van der Waals surface area (Å²) in [5, 5.41) is 4.36. The van der Waals surface area contributed by atoms with Crippen molar-refractivity contribution in [2.75, 3.05) is 13.2 Å². The molecule has 0 unspecified atom stereocenters. The Balaban J connectivity index is 2.18. The van der Waals surface area contributed by atoms with E-state index in [1.165, 1.54) is 0 Å². The zero-order valence-electron chi connectivity index (χ0n) is 13.7. The second kappa shape index (κ2) is 9.52. The van der Waals surface area contributed by atoms with Gasteiger partial charge in [0.15, 0.2) is 11.5 Å². The van der Waals surface area contributed by atoms with E-state index in [1.807, 2.05) is 25.1 Å². The molecule has 0 saturated heterocycles. The van der Waals surface area contributed by atoms with Crippen LogP contribution in [-0.2, 0) is 13.2 Å². The van der Waals surface area contributed by atoms with Crippen molar-refractivity contribution in [2.45, 2.75) is 27.0 Å². The first-order chi connectivity index (χ1) is 11.5. The van der Waals surface area contributed by atoms with Crippen molar-refractivity contribution < 1.29 is 9.47 Å². The van der Waals surface area contributed by atoms with E-state index in [9.17, 15) is 0 Å². The lowest BCUT2D eigenvalue weighted by atomic mass is 10.2. The Kier molecular flexibility index (Phi) is 7.69. The van der Waals surface area contributed by atoms with Gasteiger partial charge in [0.25, 0.3) is 0 Å². The second-order valence-electron chi connectivity index (χ2n) is 5.14. The van der Waals surface area contributed by atoms with Gasteiger partial charge >= 0.3 is 0 Å². The molecule has 0 atom stereocenters. The van der Waals surface area contributed by atoms with E-state index >= 15 is 0 Å². The van der Waals surface area contributed by atoms with Crippen LogP contribution >= 0.6 is 39.1 Å². The van der Waals surface area contributed by atoms with Gasteiger partial charge in [0.05, 0.1) is 16.7 Å². The average molecular weight is 433 g/mol. The summed E-state index contributed by atoms with van der Waals surface area (Å²) in [5.41, 5.74) is 2.07. The predicted octanol–water partition coefficient (Wildman–Crippen LogP) is 5.84. The van der Waals surface area contributed by atoms with E-state index in [4.69, 9.17) is 32.7 Å². The minimum atomic E-state index is 0.385. The van der Waals surface area contributed by atoms with E-state index in [1.54, 1.807) is 12.1 Å². The van der Waals surface area contributed by atoms with Gasteiger partial charge < -0.3 is 14.8 Å². The van der Waals surface area contributed by atoms with Crippen LogP contribution in [0.1, 0.15) is 25.0 Å². The second-order valence-corrected chi connectivity index (χ2v) is 6.81. The van der Waals surface area contributed by atoms with E-state index in [0.717, 1.165) is 34.4 Å². The number of hydrogen-bond donors (Lipinski definition) is 1. The van der Waals surface area contributed by atoms with Crippen LogP contribution < -0.4 is 14.8 Å². The molecule has 2 rings (SSSR count). The van der Waals surface area contributed by atoms with E-state index in [0.29, 0.717) is 29.0 Å². The molecule has 0 aromatic heterocycles. The minimum Gasteiger partial charge on any atom is -0.490 e. The molecule has 24 heavy (non-hydrogen) atoms. The molecule has 0 aliphatic carbocycles. The number of hydrogen-bond acceptors (Lipinski definition) is 3. The third-order valence-electron chi connectivity index (χ3n) is 3.36. The molecule has 2 aromatic carbocycles. The van der Waals surface area contributed by atoms with Crippen molar-refractivity contribution in [2.24, 2.45) is 0 Å². The van der Waals surface area contributed by atoms with Gasteiger partial charge in [-0.2, -0.15) is 0 Å². The lowest BCUT2D eigenvalue weighted by Crippen LogP contribution is -2.12. The zero-order chi connectivity index (χ0) is 17.5. The molecule has 3 nitrogen and oxygen atoms in total. The monoisotopic (exact) mass is 431 g/mol. The summed E-state index contributed by atoms with van der Waals surface area (Å²) in [4.78, 5) is 0. The third-order valence-corrected chi connectivity index (χ3v) is 4.83. The highest BCUT2D eigenvalue weighted by Crippen LogP contribution is 2.34. The van der Waals surface area contributed by atoms with E-state index in [-0.39, 0.29) is 0 Å². The van der Waals surface area contributed by atoms with Gasteiger partial charge in [-0.25, -0.2) is 0 Å². The summed E-state index contributed by atoms with van der Waals surface area (Å²) >= 11 is 15.6. The fourth-order valence-corrected chi connectivity index (χ4v) is 2.93. The number of rotatable bonds is 8. The maximum absolute atomic E-state index is 6.04. The minimum absolute atomic E-state index is 0.385. The molecule has 0 bridgehead atoms. The van der Waals surface area contributed by atoms with Gasteiger partial charge in [0.1, 0.15) is 6.61 Å². The lowest BCUT2D eigenvalue weighted by Gasteiger charge is -2.15. The van der Waals surface area contributed by atoms with Crippen molar-refractivity contribution in [1.82, 2.24) is 5.32 Å². The van der Waals surface area contributed by atoms with Gasteiger partial charge in [-0.1, -0.05) is 52.1 Å². The zero-order valence-corrected chi connectivity index (χ0v) is 16.8. The standard InChI is InChI=1S/C18H20BrCl2NO2/c1-3-22-10-13-8-17(23-4-2)18(9-14(13)19)24-11-12-5-6-15(20)16(21)7-12/h5-9,22H,3-4,10-11H2,1-2H3. The van der Waals surface area contributed by atoms with Crippen LogP contribution in [0.2, 0.25) is 10.0 Å². The first-order valence-corrected chi connectivity index (χ1v) is 9.32. The highest BCUT2D eigenvalue weighted by atomic mass is 79.9. The Labute approximate surface area is 161 Å². The third kappa shape index (κ3) is 5.28.